The number of benzene rings is 1. The van der Waals surface area contributed by atoms with Crippen LogP contribution in [-0.4, -0.2) is 12.6 Å². The minimum absolute atomic E-state index is 0.234. The quantitative estimate of drug-likeness (QED) is 0.734. The van der Waals surface area contributed by atoms with E-state index in [2.05, 4.69) is 33.5 Å². The lowest BCUT2D eigenvalue weighted by molar-refractivity contribution is 0.620. The van der Waals surface area contributed by atoms with Crippen molar-refractivity contribution >= 4 is 27.3 Å². The summed E-state index contributed by atoms with van der Waals surface area (Å²) >= 11 is 3.15. The first-order chi connectivity index (χ1) is 6.16. The smallest absolute Gasteiger partial charge is 0.139 e. The molecule has 70 valence electrons. The molecule has 1 aliphatic heterocycles. The van der Waals surface area contributed by atoms with Crippen molar-refractivity contribution in [2.45, 2.75) is 13.0 Å². The van der Waals surface area contributed by atoms with E-state index in [1.165, 1.54) is 6.07 Å². The van der Waals surface area contributed by atoms with Crippen LogP contribution in [0.15, 0.2) is 16.6 Å². The van der Waals surface area contributed by atoms with Crippen LogP contribution in [0.4, 0.5) is 15.8 Å². The van der Waals surface area contributed by atoms with Gasteiger partial charge in [0, 0.05) is 18.7 Å². The number of halogens is 2. The Morgan fingerprint density at radius 1 is 1.46 bits per heavy atom. The van der Waals surface area contributed by atoms with Crippen LogP contribution < -0.4 is 10.6 Å². The number of hydrogen-bond donors (Lipinski definition) is 2. The Bertz CT molecular complexity index is 341. The van der Waals surface area contributed by atoms with Gasteiger partial charge < -0.3 is 10.6 Å². The van der Waals surface area contributed by atoms with E-state index in [1.807, 2.05) is 0 Å². The molecule has 1 aromatic carbocycles. The van der Waals surface area contributed by atoms with Gasteiger partial charge in [0.25, 0.3) is 0 Å². The molecular weight excluding hydrogens is 235 g/mol. The number of nitrogens with one attached hydrogen (secondary N) is 2. The molecule has 1 aromatic rings. The van der Waals surface area contributed by atoms with Gasteiger partial charge in [-0.15, -0.1) is 0 Å². The molecule has 0 saturated heterocycles. The Morgan fingerprint density at radius 3 is 3.00 bits per heavy atom. The first kappa shape index (κ1) is 8.81. The van der Waals surface area contributed by atoms with Gasteiger partial charge in [0.05, 0.1) is 15.8 Å². The van der Waals surface area contributed by atoms with Crippen molar-refractivity contribution in [2.75, 3.05) is 17.2 Å². The summed E-state index contributed by atoms with van der Waals surface area (Å²) in [6.07, 6.45) is 0. The third-order valence-corrected chi connectivity index (χ3v) is 2.67. The molecule has 0 aliphatic carbocycles. The first-order valence-corrected chi connectivity index (χ1v) is 4.95. The van der Waals surface area contributed by atoms with Crippen LogP contribution in [0.5, 0.6) is 0 Å². The van der Waals surface area contributed by atoms with Crippen LogP contribution in [0, 0.1) is 5.82 Å². The van der Waals surface area contributed by atoms with Crippen molar-refractivity contribution < 1.29 is 4.39 Å². The van der Waals surface area contributed by atoms with E-state index in [9.17, 15) is 4.39 Å². The maximum Gasteiger partial charge on any atom is 0.139 e. The normalized spacial score (nSPS) is 20.1. The zero-order valence-electron chi connectivity index (χ0n) is 7.20. The SMILES string of the molecule is CC1CNc2cc(Br)c(F)cc2N1. The second-order valence-corrected chi connectivity index (χ2v) is 4.09. The molecule has 0 radical (unpaired) electrons. The van der Waals surface area contributed by atoms with Crippen LogP contribution >= 0.6 is 15.9 Å². The van der Waals surface area contributed by atoms with Gasteiger partial charge >= 0.3 is 0 Å². The highest BCUT2D eigenvalue weighted by Gasteiger charge is 2.15. The Kier molecular flexibility index (Phi) is 2.15. The predicted octanol–water partition coefficient (Wildman–Crippen LogP) is 2.81. The summed E-state index contributed by atoms with van der Waals surface area (Å²) < 4.78 is 13.6. The van der Waals surface area contributed by atoms with E-state index in [4.69, 9.17) is 0 Å². The standard InChI is InChI=1S/C9H10BrFN2/c1-5-4-12-8-2-6(10)7(11)3-9(8)13-5/h2-3,5,12-13H,4H2,1H3. The van der Waals surface area contributed by atoms with Gasteiger partial charge in [0.1, 0.15) is 5.82 Å². The molecule has 0 fully saturated rings. The van der Waals surface area contributed by atoms with E-state index >= 15 is 0 Å². The Morgan fingerprint density at radius 2 is 2.23 bits per heavy atom. The fourth-order valence-electron chi connectivity index (χ4n) is 1.39. The van der Waals surface area contributed by atoms with Crippen molar-refractivity contribution in [3.05, 3.63) is 22.4 Å². The zero-order chi connectivity index (χ0) is 9.42. The van der Waals surface area contributed by atoms with Gasteiger partial charge in [-0.1, -0.05) is 0 Å². The van der Waals surface area contributed by atoms with E-state index < -0.39 is 0 Å². The number of rotatable bonds is 0. The highest BCUT2D eigenvalue weighted by atomic mass is 79.9. The maximum atomic E-state index is 13.1. The molecule has 0 amide bonds. The van der Waals surface area contributed by atoms with Gasteiger partial charge in [-0.05, 0) is 28.9 Å². The summed E-state index contributed by atoms with van der Waals surface area (Å²) in [4.78, 5) is 0. The molecule has 1 atom stereocenters. The third kappa shape index (κ3) is 1.63. The van der Waals surface area contributed by atoms with E-state index in [1.54, 1.807) is 6.07 Å². The molecule has 1 unspecified atom stereocenters. The Hall–Kier alpha value is -0.770. The second-order valence-electron chi connectivity index (χ2n) is 3.24. The highest BCUT2D eigenvalue weighted by Crippen LogP contribution is 2.31. The molecule has 2 rings (SSSR count). The lowest BCUT2D eigenvalue weighted by Gasteiger charge is -2.25. The summed E-state index contributed by atoms with van der Waals surface area (Å²) in [7, 11) is 0. The van der Waals surface area contributed by atoms with Crippen molar-refractivity contribution in [3.8, 4) is 0 Å². The summed E-state index contributed by atoms with van der Waals surface area (Å²) in [5, 5.41) is 6.43. The van der Waals surface area contributed by atoms with Crippen LogP contribution in [0.25, 0.3) is 0 Å². The third-order valence-electron chi connectivity index (χ3n) is 2.06. The van der Waals surface area contributed by atoms with Crippen molar-refractivity contribution in [3.63, 3.8) is 0 Å². The largest absolute Gasteiger partial charge is 0.381 e. The number of anilines is 2. The van der Waals surface area contributed by atoms with Crippen LogP contribution in [0.1, 0.15) is 6.92 Å². The molecule has 0 bridgehead atoms. The monoisotopic (exact) mass is 244 g/mol. The molecule has 1 aliphatic rings. The second kappa shape index (κ2) is 3.18. The van der Waals surface area contributed by atoms with Crippen molar-refractivity contribution in [1.82, 2.24) is 0 Å². The Labute approximate surface area is 84.7 Å². The molecule has 0 saturated carbocycles. The fraction of sp³-hybridized carbons (Fsp3) is 0.333. The maximum absolute atomic E-state index is 13.1. The van der Waals surface area contributed by atoms with Crippen LogP contribution in [0.3, 0.4) is 0 Å². The minimum Gasteiger partial charge on any atom is -0.381 e. The zero-order valence-corrected chi connectivity index (χ0v) is 8.78. The van der Waals surface area contributed by atoms with E-state index in [-0.39, 0.29) is 5.82 Å². The molecule has 2 nitrogen and oxygen atoms in total. The highest BCUT2D eigenvalue weighted by molar-refractivity contribution is 9.10. The number of fused-ring (bicyclic) bond motifs is 1. The summed E-state index contributed by atoms with van der Waals surface area (Å²) in [6, 6.07) is 3.60. The Balaban J connectivity index is 2.43. The fourth-order valence-corrected chi connectivity index (χ4v) is 1.74. The minimum atomic E-state index is -0.234. The average Bonchev–Trinajstić information content (AvgIpc) is 2.08. The summed E-state index contributed by atoms with van der Waals surface area (Å²) in [6.45, 7) is 2.92. The van der Waals surface area contributed by atoms with E-state index in [0.29, 0.717) is 10.5 Å². The molecule has 1 heterocycles. The van der Waals surface area contributed by atoms with Gasteiger partial charge in [-0.3, -0.25) is 0 Å². The molecule has 13 heavy (non-hydrogen) atoms. The first-order valence-electron chi connectivity index (χ1n) is 4.16. The topological polar surface area (TPSA) is 24.1 Å². The molecule has 4 heteroatoms. The van der Waals surface area contributed by atoms with Crippen LogP contribution in [0.2, 0.25) is 0 Å². The molecule has 0 aromatic heterocycles. The van der Waals surface area contributed by atoms with Gasteiger partial charge in [-0.2, -0.15) is 0 Å². The van der Waals surface area contributed by atoms with Crippen molar-refractivity contribution in [2.24, 2.45) is 0 Å². The van der Waals surface area contributed by atoms with Gasteiger partial charge in [-0.25, -0.2) is 4.39 Å². The van der Waals surface area contributed by atoms with Crippen molar-refractivity contribution in [1.29, 1.82) is 0 Å². The predicted molar refractivity (Wildman–Crippen MR) is 55.7 cm³/mol. The average molecular weight is 245 g/mol. The van der Waals surface area contributed by atoms with E-state index in [0.717, 1.165) is 17.9 Å². The summed E-state index contributed by atoms with van der Waals surface area (Å²) in [5.74, 6) is -0.234. The van der Waals surface area contributed by atoms with Crippen LogP contribution in [-0.2, 0) is 0 Å². The lowest BCUT2D eigenvalue weighted by atomic mass is 10.2. The van der Waals surface area contributed by atoms with Gasteiger partial charge in [0.2, 0.25) is 0 Å². The summed E-state index contributed by atoms with van der Waals surface area (Å²) in [5.41, 5.74) is 1.78. The molecular formula is C9H10BrFN2. The number of hydrogen-bond acceptors (Lipinski definition) is 2. The molecule has 2 N–H and O–H groups in total. The van der Waals surface area contributed by atoms with Gasteiger partial charge in [0.15, 0.2) is 0 Å². The molecule has 0 spiro atoms. The lowest BCUT2D eigenvalue weighted by Crippen LogP contribution is -2.30.